The number of carbonyl (C=O) groups excluding carboxylic acids is 1. The number of nitrogens with zero attached hydrogens (tertiary/aromatic N) is 1. The monoisotopic (exact) mass is 254 g/mol. The molecule has 1 heterocycles. The third kappa shape index (κ3) is 5.91. The van der Waals surface area contributed by atoms with Crippen molar-refractivity contribution >= 4 is 5.91 Å². The first-order valence-electron chi connectivity index (χ1n) is 6.73. The van der Waals surface area contributed by atoms with Crippen LogP contribution in [0.15, 0.2) is 11.9 Å². The SMILES string of the molecule is CN1CCC(CNC(=O)CCC/C(N)=C/N)CC1. The summed E-state index contributed by atoms with van der Waals surface area (Å²) in [4.78, 5) is 13.9. The molecule has 0 unspecified atom stereocenters. The quantitative estimate of drug-likeness (QED) is 0.639. The molecule has 0 aliphatic carbocycles. The lowest BCUT2D eigenvalue weighted by atomic mass is 9.97. The van der Waals surface area contributed by atoms with E-state index in [0.717, 1.165) is 26.1 Å². The highest BCUT2D eigenvalue weighted by Gasteiger charge is 2.16. The standard InChI is InChI=1S/C13H26N4O/c1-17-7-5-11(6-8-17)10-16-13(18)4-2-3-12(15)9-14/h9,11H,2-8,10,14-15H2,1H3,(H,16,18)/b12-9-. The van der Waals surface area contributed by atoms with Crippen LogP contribution in [0.3, 0.4) is 0 Å². The summed E-state index contributed by atoms with van der Waals surface area (Å²) in [6.07, 6.45) is 5.74. The van der Waals surface area contributed by atoms with Gasteiger partial charge >= 0.3 is 0 Å². The van der Waals surface area contributed by atoms with Crippen molar-refractivity contribution in [2.45, 2.75) is 32.1 Å². The van der Waals surface area contributed by atoms with Gasteiger partial charge in [0.15, 0.2) is 0 Å². The molecule has 0 aromatic rings. The summed E-state index contributed by atoms with van der Waals surface area (Å²) < 4.78 is 0. The Morgan fingerprint density at radius 1 is 1.39 bits per heavy atom. The Labute approximate surface area is 110 Å². The van der Waals surface area contributed by atoms with Gasteiger partial charge in [0.05, 0.1) is 0 Å². The summed E-state index contributed by atoms with van der Waals surface area (Å²) in [6.45, 7) is 3.09. The molecular weight excluding hydrogens is 228 g/mol. The number of nitrogens with two attached hydrogens (primary N) is 2. The van der Waals surface area contributed by atoms with Crippen molar-refractivity contribution in [3.63, 3.8) is 0 Å². The van der Waals surface area contributed by atoms with Crippen LogP contribution in [-0.2, 0) is 4.79 Å². The van der Waals surface area contributed by atoms with Crippen molar-refractivity contribution in [1.82, 2.24) is 10.2 Å². The molecule has 0 bridgehead atoms. The van der Waals surface area contributed by atoms with Gasteiger partial charge in [-0.3, -0.25) is 4.79 Å². The largest absolute Gasteiger partial charge is 0.403 e. The van der Waals surface area contributed by atoms with Gasteiger partial charge in [-0.1, -0.05) is 0 Å². The van der Waals surface area contributed by atoms with Gasteiger partial charge in [-0.05, 0) is 51.7 Å². The molecule has 18 heavy (non-hydrogen) atoms. The molecule has 0 aromatic heterocycles. The van der Waals surface area contributed by atoms with Gasteiger partial charge in [0.1, 0.15) is 0 Å². The molecule has 0 radical (unpaired) electrons. The number of hydrogen-bond donors (Lipinski definition) is 3. The van der Waals surface area contributed by atoms with Crippen molar-refractivity contribution in [3.8, 4) is 0 Å². The van der Waals surface area contributed by atoms with Crippen LogP contribution >= 0.6 is 0 Å². The number of hydrogen-bond acceptors (Lipinski definition) is 4. The van der Waals surface area contributed by atoms with Crippen LogP contribution in [0.5, 0.6) is 0 Å². The third-order valence-corrected chi connectivity index (χ3v) is 3.51. The summed E-state index contributed by atoms with van der Waals surface area (Å²) in [6, 6.07) is 0. The Balaban J connectivity index is 2.06. The predicted octanol–water partition coefficient (Wildman–Crippen LogP) is 0.374. The van der Waals surface area contributed by atoms with Gasteiger partial charge in [0.2, 0.25) is 5.91 Å². The molecule has 5 nitrogen and oxygen atoms in total. The Bertz CT molecular complexity index is 283. The number of likely N-dealkylation sites (tertiary alicyclic amines) is 1. The molecule has 104 valence electrons. The zero-order chi connectivity index (χ0) is 13.4. The van der Waals surface area contributed by atoms with Crippen LogP contribution in [0.25, 0.3) is 0 Å². The number of rotatable bonds is 6. The van der Waals surface area contributed by atoms with Crippen LogP contribution in [0, 0.1) is 5.92 Å². The van der Waals surface area contributed by atoms with Crippen molar-refractivity contribution in [3.05, 3.63) is 11.9 Å². The number of piperidine rings is 1. The maximum absolute atomic E-state index is 11.6. The average molecular weight is 254 g/mol. The fraction of sp³-hybridized carbons (Fsp3) is 0.769. The lowest BCUT2D eigenvalue weighted by Crippen LogP contribution is -2.36. The van der Waals surface area contributed by atoms with E-state index < -0.39 is 0 Å². The Hall–Kier alpha value is -1.23. The minimum absolute atomic E-state index is 0.124. The van der Waals surface area contributed by atoms with E-state index in [1.165, 1.54) is 19.0 Å². The highest BCUT2D eigenvalue weighted by Crippen LogP contribution is 2.14. The average Bonchev–Trinajstić information content (AvgIpc) is 2.38. The molecule has 0 atom stereocenters. The lowest BCUT2D eigenvalue weighted by Gasteiger charge is -2.28. The van der Waals surface area contributed by atoms with E-state index >= 15 is 0 Å². The van der Waals surface area contributed by atoms with Crippen molar-refractivity contribution in [2.24, 2.45) is 17.4 Å². The summed E-state index contributed by atoms with van der Waals surface area (Å²) in [5.41, 5.74) is 11.5. The fourth-order valence-electron chi connectivity index (χ4n) is 2.15. The zero-order valence-corrected chi connectivity index (χ0v) is 11.3. The second-order valence-electron chi connectivity index (χ2n) is 5.15. The van der Waals surface area contributed by atoms with E-state index in [1.54, 1.807) is 0 Å². The second-order valence-corrected chi connectivity index (χ2v) is 5.15. The number of amides is 1. The van der Waals surface area contributed by atoms with Crippen LogP contribution < -0.4 is 16.8 Å². The summed E-state index contributed by atoms with van der Waals surface area (Å²) in [5.74, 6) is 0.762. The Kier molecular flexibility index (Phi) is 6.57. The maximum atomic E-state index is 11.6. The van der Waals surface area contributed by atoms with Crippen molar-refractivity contribution in [2.75, 3.05) is 26.7 Å². The molecule has 1 amide bonds. The molecule has 5 heteroatoms. The normalized spacial score (nSPS) is 18.8. The Morgan fingerprint density at radius 2 is 2.06 bits per heavy atom. The van der Waals surface area contributed by atoms with E-state index in [2.05, 4.69) is 17.3 Å². The molecule has 1 fully saturated rings. The molecule has 1 saturated heterocycles. The van der Waals surface area contributed by atoms with E-state index in [0.29, 0.717) is 24.5 Å². The predicted molar refractivity (Wildman–Crippen MR) is 73.5 cm³/mol. The van der Waals surface area contributed by atoms with E-state index in [-0.39, 0.29) is 5.91 Å². The van der Waals surface area contributed by atoms with E-state index in [1.807, 2.05) is 0 Å². The van der Waals surface area contributed by atoms with Gasteiger partial charge < -0.3 is 21.7 Å². The minimum atomic E-state index is 0.124. The zero-order valence-electron chi connectivity index (χ0n) is 11.3. The molecular formula is C13H26N4O. The first-order chi connectivity index (χ1) is 8.61. The van der Waals surface area contributed by atoms with Crippen molar-refractivity contribution in [1.29, 1.82) is 0 Å². The van der Waals surface area contributed by atoms with Crippen LogP contribution in [0.1, 0.15) is 32.1 Å². The molecule has 1 rings (SSSR count). The Morgan fingerprint density at radius 3 is 2.67 bits per heavy atom. The lowest BCUT2D eigenvalue weighted by molar-refractivity contribution is -0.121. The van der Waals surface area contributed by atoms with Crippen LogP contribution in [0.2, 0.25) is 0 Å². The molecule has 1 aliphatic rings. The molecule has 0 spiro atoms. The van der Waals surface area contributed by atoms with Gasteiger partial charge in [-0.25, -0.2) is 0 Å². The summed E-state index contributed by atoms with van der Waals surface area (Å²) in [5, 5.41) is 3.01. The maximum Gasteiger partial charge on any atom is 0.220 e. The molecule has 0 aromatic carbocycles. The highest BCUT2D eigenvalue weighted by atomic mass is 16.1. The van der Waals surface area contributed by atoms with E-state index in [9.17, 15) is 4.79 Å². The molecule has 5 N–H and O–H groups in total. The summed E-state index contributed by atoms with van der Waals surface area (Å²) in [7, 11) is 2.14. The fourth-order valence-corrected chi connectivity index (χ4v) is 2.15. The number of allylic oxidation sites excluding steroid dienone is 1. The van der Waals surface area contributed by atoms with Crippen LogP contribution in [-0.4, -0.2) is 37.5 Å². The summed E-state index contributed by atoms with van der Waals surface area (Å²) >= 11 is 0. The first-order valence-corrected chi connectivity index (χ1v) is 6.73. The van der Waals surface area contributed by atoms with Crippen LogP contribution in [0.4, 0.5) is 0 Å². The van der Waals surface area contributed by atoms with Gasteiger partial charge in [-0.2, -0.15) is 0 Å². The van der Waals surface area contributed by atoms with Gasteiger partial charge in [0.25, 0.3) is 0 Å². The van der Waals surface area contributed by atoms with Crippen molar-refractivity contribution < 1.29 is 4.79 Å². The topological polar surface area (TPSA) is 84.4 Å². The minimum Gasteiger partial charge on any atom is -0.403 e. The molecule has 1 aliphatic heterocycles. The van der Waals surface area contributed by atoms with E-state index in [4.69, 9.17) is 11.5 Å². The second kappa shape index (κ2) is 7.97. The highest BCUT2D eigenvalue weighted by molar-refractivity contribution is 5.75. The number of nitrogens with one attached hydrogen (secondary N) is 1. The van der Waals surface area contributed by atoms with Gasteiger partial charge in [-0.15, -0.1) is 0 Å². The molecule has 0 saturated carbocycles. The first kappa shape index (κ1) is 14.8. The smallest absolute Gasteiger partial charge is 0.220 e. The third-order valence-electron chi connectivity index (χ3n) is 3.51. The number of carbonyl (C=O) groups is 1. The van der Waals surface area contributed by atoms with Gasteiger partial charge in [0, 0.05) is 24.9 Å².